The molecule has 8 nitrogen and oxygen atoms in total. The number of rotatable bonds is 7. The van der Waals surface area contributed by atoms with Crippen molar-refractivity contribution in [2.45, 2.75) is 25.5 Å². The number of para-hydroxylation sites is 2. The summed E-state index contributed by atoms with van der Waals surface area (Å²) in [6.07, 6.45) is 1.18. The van der Waals surface area contributed by atoms with Gasteiger partial charge in [-0.15, -0.1) is 0 Å². The molecule has 4 rings (SSSR count). The summed E-state index contributed by atoms with van der Waals surface area (Å²) in [5.74, 6) is 0.593. The van der Waals surface area contributed by atoms with E-state index in [1.165, 1.54) is 4.90 Å². The van der Waals surface area contributed by atoms with E-state index in [-0.39, 0.29) is 24.5 Å². The SMILES string of the molecule is CN(CC1COc2ccccc2O1)C(=O)COC(=O)c1ccc(CN2CCCC2=O)cc1. The van der Waals surface area contributed by atoms with Gasteiger partial charge in [0.1, 0.15) is 6.61 Å². The molecule has 0 aromatic heterocycles. The molecule has 0 radical (unpaired) electrons. The normalized spacial score (nSPS) is 17.2. The smallest absolute Gasteiger partial charge is 0.338 e. The average Bonchev–Trinajstić information content (AvgIpc) is 3.21. The third-order valence-electron chi connectivity index (χ3n) is 5.53. The first-order chi connectivity index (χ1) is 15.5. The molecule has 8 heteroatoms. The standard InChI is InChI=1S/C24H26N2O6/c1-25(14-19-15-30-20-5-2-3-6-21(20)32-19)23(28)16-31-24(29)18-10-8-17(9-11-18)13-26-12-4-7-22(26)27/h2-3,5-6,8-11,19H,4,7,12-16H2,1H3. The van der Waals surface area contributed by atoms with Crippen LogP contribution < -0.4 is 9.47 Å². The van der Waals surface area contributed by atoms with Gasteiger partial charge >= 0.3 is 5.97 Å². The summed E-state index contributed by atoms with van der Waals surface area (Å²) in [6, 6.07) is 14.3. The lowest BCUT2D eigenvalue weighted by Crippen LogP contribution is -2.43. The molecule has 0 spiro atoms. The first-order valence-corrected chi connectivity index (χ1v) is 10.7. The van der Waals surface area contributed by atoms with Gasteiger partial charge in [0, 0.05) is 26.6 Å². The van der Waals surface area contributed by atoms with Gasteiger partial charge in [-0.1, -0.05) is 24.3 Å². The number of carbonyl (C=O) groups excluding carboxylic acids is 3. The second kappa shape index (κ2) is 9.72. The van der Waals surface area contributed by atoms with Crippen LogP contribution in [0.1, 0.15) is 28.8 Å². The van der Waals surface area contributed by atoms with Crippen molar-refractivity contribution >= 4 is 17.8 Å². The highest BCUT2D eigenvalue weighted by atomic mass is 16.6. The van der Waals surface area contributed by atoms with Crippen LogP contribution in [0.4, 0.5) is 0 Å². The summed E-state index contributed by atoms with van der Waals surface area (Å²) in [7, 11) is 1.63. The molecule has 1 fully saturated rings. The molecule has 1 atom stereocenters. The maximum atomic E-state index is 12.4. The zero-order valence-corrected chi connectivity index (χ0v) is 18.0. The topological polar surface area (TPSA) is 85.4 Å². The summed E-state index contributed by atoms with van der Waals surface area (Å²) in [5.41, 5.74) is 1.31. The Morgan fingerprint density at radius 3 is 2.59 bits per heavy atom. The molecule has 0 aliphatic carbocycles. The van der Waals surface area contributed by atoms with Crippen LogP contribution >= 0.6 is 0 Å². The molecule has 168 valence electrons. The minimum atomic E-state index is -0.568. The van der Waals surface area contributed by atoms with Gasteiger partial charge in [-0.05, 0) is 36.2 Å². The van der Waals surface area contributed by atoms with E-state index in [2.05, 4.69) is 0 Å². The maximum absolute atomic E-state index is 12.4. The van der Waals surface area contributed by atoms with E-state index in [9.17, 15) is 14.4 Å². The van der Waals surface area contributed by atoms with Crippen molar-refractivity contribution in [2.75, 3.05) is 33.4 Å². The zero-order valence-electron chi connectivity index (χ0n) is 18.0. The Labute approximate surface area is 186 Å². The Balaban J connectivity index is 1.23. The van der Waals surface area contributed by atoms with Crippen LogP contribution in [0, 0.1) is 0 Å². The largest absolute Gasteiger partial charge is 0.486 e. The first-order valence-electron chi connectivity index (χ1n) is 10.7. The van der Waals surface area contributed by atoms with Gasteiger partial charge < -0.3 is 24.0 Å². The van der Waals surface area contributed by atoms with Crippen LogP contribution in [0.5, 0.6) is 11.5 Å². The second-order valence-corrected chi connectivity index (χ2v) is 7.96. The van der Waals surface area contributed by atoms with Gasteiger partial charge in [0.15, 0.2) is 24.2 Å². The van der Waals surface area contributed by atoms with Crippen molar-refractivity contribution in [1.82, 2.24) is 9.80 Å². The number of ether oxygens (including phenoxy) is 3. The number of benzene rings is 2. The Morgan fingerprint density at radius 1 is 1.12 bits per heavy atom. The van der Waals surface area contributed by atoms with E-state index in [0.29, 0.717) is 43.2 Å². The lowest BCUT2D eigenvalue weighted by atomic mass is 10.1. The highest BCUT2D eigenvalue weighted by Crippen LogP contribution is 2.30. The Kier molecular flexibility index (Phi) is 6.58. The molecule has 0 N–H and O–H groups in total. The predicted molar refractivity (Wildman–Crippen MR) is 115 cm³/mol. The van der Waals surface area contributed by atoms with Gasteiger partial charge in [0.25, 0.3) is 5.91 Å². The third kappa shape index (κ3) is 5.19. The van der Waals surface area contributed by atoms with Gasteiger partial charge in [0.2, 0.25) is 5.91 Å². The molecule has 2 aliphatic heterocycles. The van der Waals surface area contributed by atoms with Crippen LogP contribution in [0.25, 0.3) is 0 Å². The summed E-state index contributed by atoms with van der Waals surface area (Å²) in [6.45, 7) is 1.60. The highest BCUT2D eigenvalue weighted by Gasteiger charge is 2.24. The Bertz CT molecular complexity index is 990. The molecular weight excluding hydrogens is 412 g/mol. The zero-order chi connectivity index (χ0) is 22.5. The predicted octanol–water partition coefficient (Wildman–Crippen LogP) is 2.26. The Hall–Kier alpha value is -3.55. The third-order valence-corrected chi connectivity index (χ3v) is 5.53. The number of likely N-dealkylation sites (tertiary alicyclic amines) is 1. The van der Waals surface area contributed by atoms with Crippen molar-refractivity contribution in [2.24, 2.45) is 0 Å². The molecule has 2 heterocycles. The van der Waals surface area contributed by atoms with Gasteiger partial charge in [0.05, 0.1) is 12.1 Å². The number of amides is 2. The number of carbonyl (C=O) groups is 3. The van der Waals surface area contributed by atoms with Crippen molar-refractivity contribution in [3.05, 3.63) is 59.7 Å². The fourth-order valence-corrected chi connectivity index (χ4v) is 3.72. The maximum Gasteiger partial charge on any atom is 0.338 e. The summed E-state index contributed by atoms with van der Waals surface area (Å²) in [4.78, 5) is 39.7. The van der Waals surface area contributed by atoms with Crippen molar-refractivity contribution in [1.29, 1.82) is 0 Å². The fraction of sp³-hybridized carbons (Fsp3) is 0.375. The fourth-order valence-electron chi connectivity index (χ4n) is 3.72. The number of nitrogens with zero attached hydrogens (tertiary/aromatic N) is 2. The average molecular weight is 438 g/mol. The van der Waals surface area contributed by atoms with E-state index in [1.54, 1.807) is 31.3 Å². The molecule has 2 aliphatic rings. The van der Waals surface area contributed by atoms with Crippen LogP contribution in [-0.2, 0) is 20.9 Å². The van der Waals surface area contributed by atoms with Crippen molar-refractivity contribution < 1.29 is 28.6 Å². The molecule has 2 amide bonds. The lowest BCUT2D eigenvalue weighted by Gasteiger charge is -2.29. The summed E-state index contributed by atoms with van der Waals surface area (Å²) < 4.78 is 16.7. The van der Waals surface area contributed by atoms with Crippen LogP contribution in [-0.4, -0.2) is 67.0 Å². The van der Waals surface area contributed by atoms with E-state index >= 15 is 0 Å². The molecule has 1 saturated heterocycles. The number of hydrogen-bond donors (Lipinski definition) is 0. The van der Waals surface area contributed by atoms with E-state index in [4.69, 9.17) is 14.2 Å². The van der Waals surface area contributed by atoms with Gasteiger partial charge in [-0.3, -0.25) is 9.59 Å². The first kappa shape index (κ1) is 21.7. The van der Waals surface area contributed by atoms with Crippen LogP contribution in [0.2, 0.25) is 0 Å². The molecular formula is C24H26N2O6. The van der Waals surface area contributed by atoms with E-state index < -0.39 is 5.97 Å². The number of hydrogen-bond acceptors (Lipinski definition) is 6. The molecule has 2 aromatic rings. The minimum Gasteiger partial charge on any atom is -0.486 e. The lowest BCUT2D eigenvalue weighted by molar-refractivity contribution is -0.134. The molecule has 0 bridgehead atoms. The molecule has 2 aromatic carbocycles. The monoisotopic (exact) mass is 438 g/mol. The molecule has 32 heavy (non-hydrogen) atoms. The van der Waals surface area contributed by atoms with Gasteiger partial charge in [-0.2, -0.15) is 0 Å². The quantitative estimate of drug-likeness (QED) is 0.617. The summed E-state index contributed by atoms with van der Waals surface area (Å²) in [5, 5.41) is 0. The van der Waals surface area contributed by atoms with Crippen molar-refractivity contribution in [3.8, 4) is 11.5 Å². The minimum absolute atomic E-state index is 0.158. The Morgan fingerprint density at radius 2 is 1.88 bits per heavy atom. The number of likely N-dealkylation sites (N-methyl/N-ethyl adjacent to an activating group) is 1. The number of esters is 1. The molecule has 0 saturated carbocycles. The van der Waals surface area contributed by atoms with Crippen LogP contribution in [0.15, 0.2) is 48.5 Å². The van der Waals surface area contributed by atoms with E-state index in [1.807, 2.05) is 29.2 Å². The summed E-state index contributed by atoms with van der Waals surface area (Å²) >= 11 is 0. The second-order valence-electron chi connectivity index (χ2n) is 7.96. The molecule has 1 unspecified atom stereocenters. The highest BCUT2D eigenvalue weighted by molar-refractivity contribution is 5.91. The number of fused-ring (bicyclic) bond motifs is 1. The van der Waals surface area contributed by atoms with E-state index in [0.717, 1.165) is 18.5 Å². The van der Waals surface area contributed by atoms with Crippen molar-refractivity contribution in [3.63, 3.8) is 0 Å². The van der Waals surface area contributed by atoms with Gasteiger partial charge in [-0.25, -0.2) is 4.79 Å². The van der Waals surface area contributed by atoms with Crippen LogP contribution in [0.3, 0.4) is 0 Å².